The van der Waals surface area contributed by atoms with Crippen molar-refractivity contribution in [3.05, 3.63) is 23.4 Å². The number of aryl methyl sites for hydroxylation is 1. The van der Waals surface area contributed by atoms with E-state index in [9.17, 15) is 4.79 Å². The molecule has 0 aliphatic carbocycles. The minimum absolute atomic E-state index is 0. The summed E-state index contributed by atoms with van der Waals surface area (Å²) in [6.07, 6.45) is 4.01. The molecule has 6 nitrogen and oxygen atoms in total. The van der Waals surface area contributed by atoms with Crippen molar-refractivity contribution in [1.29, 1.82) is 0 Å². The summed E-state index contributed by atoms with van der Waals surface area (Å²) in [6.45, 7) is 1.71. The minimum atomic E-state index is 0. The van der Waals surface area contributed by atoms with Crippen molar-refractivity contribution >= 4 is 29.7 Å². The lowest BCUT2D eigenvalue weighted by atomic mass is 10.0. The second kappa shape index (κ2) is 9.15. The van der Waals surface area contributed by atoms with Crippen molar-refractivity contribution in [2.24, 2.45) is 0 Å². The van der Waals surface area contributed by atoms with Gasteiger partial charge >= 0.3 is 0 Å². The van der Waals surface area contributed by atoms with E-state index in [1.165, 1.54) is 0 Å². The van der Waals surface area contributed by atoms with E-state index in [1.807, 2.05) is 29.5 Å². The molecule has 0 atom stereocenters. The van der Waals surface area contributed by atoms with Gasteiger partial charge in [-0.1, -0.05) is 11.2 Å². The Morgan fingerprint density at radius 1 is 1.46 bits per heavy atom. The molecule has 1 aliphatic heterocycles. The molecule has 3 rings (SSSR count). The summed E-state index contributed by atoms with van der Waals surface area (Å²) < 4.78 is 5.26. The molecule has 3 heterocycles. The van der Waals surface area contributed by atoms with Crippen molar-refractivity contribution in [2.75, 3.05) is 20.1 Å². The fraction of sp³-hybridized carbons (Fsp3) is 0.562. The predicted molar refractivity (Wildman–Crippen MR) is 96.5 cm³/mol. The van der Waals surface area contributed by atoms with E-state index in [4.69, 9.17) is 4.52 Å². The van der Waals surface area contributed by atoms with Gasteiger partial charge < -0.3 is 14.7 Å². The van der Waals surface area contributed by atoms with Crippen molar-refractivity contribution in [3.63, 3.8) is 0 Å². The number of nitrogens with zero attached hydrogens (tertiary/aromatic N) is 3. The minimum Gasteiger partial charge on any atom is -0.343 e. The lowest BCUT2D eigenvalue weighted by molar-refractivity contribution is -0.132. The fourth-order valence-corrected chi connectivity index (χ4v) is 3.48. The van der Waals surface area contributed by atoms with Crippen LogP contribution in [0.5, 0.6) is 0 Å². The molecule has 1 amide bonds. The number of carbonyl (C=O) groups is 1. The van der Waals surface area contributed by atoms with Crippen LogP contribution in [0.15, 0.2) is 22.0 Å². The van der Waals surface area contributed by atoms with Crippen LogP contribution in [0.2, 0.25) is 0 Å². The van der Waals surface area contributed by atoms with Gasteiger partial charge in [-0.15, -0.1) is 23.7 Å². The van der Waals surface area contributed by atoms with Gasteiger partial charge in [0.15, 0.2) is 0 Å². The smallest absolute Gasteiger partial charge is 0.226 e. The average Bonchev–Trinajstić information content (AvgIpc) is 3.26. The first kappa shape index (κ1) is 18.9. The Labute approximate surface area is 152 Å². The van der Waals surface area contributed by atoms with Crippen LogP contribution in [-0.4, -0.2) is 47.1 Å². The molecule has 132 valence electrons. The maximum Gasteiger partial charge on any atom is 0.226 e. The first-order valence-corrected chi connectivity index (χ1v) is 8.95. The Kier molecular flexibility index (Phi) is 7.20. The highest BCUT2D eigenvalue weighted by atomic mass is 35.5. The number of rotatable bonds is 6. The van der Waals surface area contributed by atoms with Crippen LogP contribution in [0.25, 0.3) is 10.7 Å². The fourth-order valence-electron chi connectivity index (χ4n) is 2.83. The highest BCUT2D eigenvalue weighted by Crippen LogP contribution is 2.21. The second-order valence-corrected chi connectivity index (χ2v) is 6.73. The maximum atomic E-state index is 12.2. The summed E-state index contributed by atoms with van der Waals surface area (Å²) in [4.78, 5) is 19.6. The van der Waals surface area contributed by atoms with Crippen LogP contribution in [0.1, 0.15) is 31.6 Å². The SMILES string of the molecule is CNC1CCN(C(=O)CCCc2nc(-c3cccs3)no2)CC1.Cl. The largest absolute Gasteiger partial charge is 0.343 e. The molecule has 8 heteroatoms. The molecule has 0 bridgehead atoms. The van der Waals surface area contributed by atoms with Crippen molar-refractivity contribution < 1.29 is 9.32 Å². The average molecular weight is 371 g/mol. The zero-order valence-electron chi connectivity index (χ0n) is 13.7. The van der Waals surface area contributed by atoms with Crippen LogP contribution in [-0.2, 0) is 11.2 Å². The molecular weight excluding hydrogens is 348 g/mol. The van der Waals surface area contributed by atoms with E-state index in [1.54, 1.807) is 11.3 Å². The van der Waals surface area contributed by atoms with Crippen LogP contribution in [0.3, 0.4) is 0 Å². The van der Waals surface area contributed by atoms with Gasteiger partial charge in [0, 0.05) is 32.0 Å². The molecular formula is C16H23ClN4O2S. The number of halogens is 1. The van der Waals surface area contributed by atoms with Gasteiger partial charge in [0.2, 0.25) is 17.6 Å². The van der Waals surface area contributed by atoms with Crippen LogP contribution >= 0.6 is 23.7 Å². The summed E-state index contributed by atoms with van der Waals surface area (Å²) in [6, 6.07) is 4.48. The number of hydrogen-bond acceptors (Lipinski definition) is 6. The number of thiophene rings is 1. The molecule has 2 aromatic rings. The number of carbonyl (C=O) groups excluding carboxylic acids is 1. The third-order valence-electron chi connectivity index (χ3n) is 4.25. The molecule has 0 spiro atoms. The zero-order valence-corrected chi connectivity index (χ0v) is 15.4. The van der Waals surface area contributed by atoms with Crippen molar-refractivity contribution in [1.82, 2.24) is 20.4 Å². The molecule has 0 aromatic carbocycles. The van der Waals surface area contributed by atoms with E-state index in [0.717, 1.165) is 37.2 Å². The number of piperidine rings is 1. The number of hydrogen-bond donors (Lipinski definition) is 1. The number of likely N-dealkylation sites (tertiary alicyclic amines) is 1. The molecule has 1 N–H and O–H groups in total. The lowest BCUT2D eigenvalue weighted by Crippen LogP contribution is -2.43. The Bertz CT molecular complexity index is 624. The van der Waals surface area contributed by atoms with Crippen molar-refractivity contribution in [3.8, 4) is 10.7 Å². The lowest BCUT2D eigenvalue weighted by Gasteiger charge is -2.31. The first-order valence-electron chi connectivity index (χ1n) is 8.08. The van der Waals surface area contributed by atoms with Gasteiger partial charge in [-0.25, -0.2) is 0 Å². The number of nitrogens with one attached hydrogen (secondary N) is 1. The number of amides is 1. The number of aromatic nitrogens is 2. The highest BCUT2D eigenvalue weighted by molar-refractivity contribution is 7.13. The van der Waals surface area contributed by atoms with Gasteiger partial charge in [-0.3, -0.25) is 4.79 Å². The van der Waals surface area contributed by atoms with E-state index < -0.39 is 0 Å². The molecule has 0 saturated carbocycles. The Morgan fingerprint density at radius 2 is 2.25 bits per heavy atom. The van der Waals surface area contributed by atoms with E-state index >= 15 is 0 Å². The monoisotopic (exact) mass is 370 g/mol. The topological polar surface area (TPSA) is 71.3 Å². The first-order chi connectivity index (χ1) is 11.3. The summed E-state index contributed by atoms with van der Waals surface area (Å²) >= 11 is 1.59. The van der Waals surface area contributed by atoms with Crippen molar-refractivity contribution in [2.45, 2.75) is 38.1 Å². The van der Waals surface area contributed by atoms with Gasteiger partial charge in [0.25, 0.3) is 0 Å². The summed E-state index contributed by atoms with van der Waals surface area (Å²) in [5, 5.41) is 9.25. The van der Waals surface area contributed by atoms with Gasteiger partial charge in [-0.2, -0.15) is 4.98 Å². The van der Waals surface area contributed by atoms with Crippen LogP contribution < -0.4 is 5.32 Å². The molecule has 1 aliphatic rings. The normalized spacial score (nSPS) is 15.3. The third-order valence-corrected chi connectivity index (χ3v) is 5.11. The second-order valence-electron chi connectivity index (χ2n) is 5.79. The van der Waals surface area contributed by atoms with Crippen LogP contribution in [0.4, 0.5) is 0 Å². The quantitative estimate of drug-likeness (QED) is 0.846. The Hall–Kier alpha value is -1.44. The Morgan fingerprint density at radius 3 is 2.92 bits per heavy atom. The molecule has 24 heavy (non-hydrogen) atoms. The highest BCUT2D eigenvalue weighted by Gasteiger charge is 2.21. The maximum absolute atomic E-state index is 12.2. The molecule has 1 fully saturated rings. The van der Waals surface area contributed by atoms with Gasteiger partial charge in [0.05, 0.1) is 4.88 Å². The molecule has 0 unspecified atom stereocenters. The zero-order chi connectivity index (χ0) is 16.1. The summed E-state index contributed by atoms with van der Waals surface area (Å²) in [5.74, 6) is 1.48. The van der Waals surface area contributed by atoms with E-state index in [-0.39, 0.29) is 18.3 Å². The molecule has 1 saturated heterocycles. The summed E-state index contributed by atoms with van der Waals surface area (Å²) in [7, 11) is 1.98. The molecule has 2 aromatic heterocycles. The summed E-state index contributed by atoms with van der Waals surface area (Å²) in [5.41, 5.74) is 0. The third kappa shape index (κ3) is 4.78. The molecule has 0 radical (unpaired) electrons. The van der Waals surface area contributed by atoms with E-state index in [2.05, 4.69) is 15.5 Å². The van der Waals surface area contributed by atoms with E-state index in [0.29, 0.717) is 30.6 Å². The van der Waals surface area contributed by atoms with Gasteiger partial charge in [-0.05, 0) is 37.8 Å². The predicted octanol–water partition coefficient (Wildman–Crippen LogP) is 2.75. The van der Waals surface area contributed by atoms with Gasteiger partial charge in [0.1, 0.15) is 0 Å². The standard InChI is InChI=1S/C16H22N4O2S.ClH/c1-17-12-7-9-20(10-8-12)15(21)6-2-5-14-18-16(19-22-14)13-4-3-11-23-13;/h3-4,11-12,17H,2,5-10H2,1H3;1H. The van der Waals surface area contributed by atoms with Crippen LogP contribution in [0, 0.1) is 0 Å². The Balaban J connectivity index is 0.00000208.